The molecule has 2 aromatic rings. The van der Waals surface area contributed by atoms with E-state index in [0.717, 1.165) is 30.9 Å². The molecule has 0 unspecified atom stereocenters. The van der Waals surface area contributed by atoms with Crippen LogP contribution in [0.1, 0.15) is 18.1 Å². The van der Waals surface area contributed by atoms with Gasteiger partial charge in [0.15, 0.2) is 11.5 Å². The van der Waals surface area contributed by atoms with E-state index in [4.69, 9.17) is 14.2 Å². The highest BCUT2D eigenvalue weighted by molar-refractivity contribution is 14.1. The van der Waals surface area contributed by atoms with Crippen LogP contribution >= 0.6 is 50.3 Å². The zero-order valence-electron chi connectivity index (χ0n) is 17.0. The Labute approximate surface area is 207 Å². The molecule has 2 aromatic carbocycles. The Hall–Kier alpha value is -1.56. The molecule has 164 valence electrons. The smallest absolute Gasteiger partial charge is 0.293 e. The van der Waals surface area contributed by atoms with Crippen LogP contribution in [-0.2, 0) is 16.1 Å². The maximum absolute atomic E-state index is 12.6. The van der Waals surface area contributed by atoms with E-state index in [1.807, 2.05) is 43.3 Å². The zero-order valence-corrected chi connectivity index (χ0v) is 21.6. The van der Waals surface area contributed by atoms with Gasteiger partial charge in [-0.3, -0.25) is 14.5 Å². The van der Waals surface area contributed by atoms with E-state index in [1.165, 1.54) is 12.0 Å². The van der Waals surface area contributed by atoms with E-state index < -0.39 is 0 Å². The monoisotopic (exact) mass is 617 g/mol. The maximum Gasteiger partial charge on any atom is 0.293 e. The molecule has 1 aliphatic rings. The first-order valence-corrected chi connectivity index (χ1v) is 12.2. The summed E-state index contributed by atoms with van der Waals surface area (Å²) in [5.74, 6) is 0.933. The van der Waals surface area contributed by atoms with Gasteiger partial charge in [-0.1, -0.05) is 28.1 Å². The van der Waals surface area contributed by atoms with Crippen LogP contribution in [0.25, 0.3) is 6.08 Å². The number of imide groups is 1. The lowest BCUT2D eigenvalue weighted by molar-refractivity contribution is -0.123. The quantitative estimate of drug-likeness (QED) is 0.265. The second-order valence-corrected chi connectivity index (χ2v) is 9.58. The van der Waals surface area contributed by atoms with Crippen LogP contribution in [0.5, 0.6) is 11.5 Å². The molecule has 9 heteroatoms. The Morgan fingerprint density at radius 1 is 1.16 bits per heavy atom. The van der Waals surface area contributed by atoms with E-state index >= 15 is 0 Å². The summed E-state index contributed by atoms with van der Waals surface area (Å²) in [4.78, 5) is 26.3. The van der Waals surface area contributed by atoms with Gasteiger partial charge in [-0.25, -0.2) is 0 Å². The van der Waals surface area contributed by atoms with Crippen molar-refractivity contribution in [3.05, 3.63) is 60.5 Å². The second-order valence-electron chi connectivity index (χ2n) is 6.50. The van der Waals surface area contributed by atoms with Crippen molar-refractivity contribution in [2.24, 2.45) is 0 Å². The van der Waals surface area contributed by atoms with E-state index in [-0.39, 0.29) is 17.7 Å². The van der Waals surface area contributed by atoms with Crippen molar-refractivity contribution in [2.45, 2.75) is 13.5 Å². The summed E-state index contributed by atoms with van der Waals surface area (Å²) in [5, 5.41) is -0.289. The SMILES string of the molecule is CCOc1cc(/C=C2/SC(=O)N(CCOC)C2=O)cc(I)c1OCc1ccc(Br)cc1. The highest BCUT2D eigenvalue weighted by Crippen LogP contribution is 2.37. The number of hydrogen-bond donors (Lipinski definition) is 0. The molecule has 2 amide bonds. The first-order chi connectivity index (χ1) is 14.9. The van der Waals surface area contributed by atoms with Gasteiger partial charge < -0.3 is 14.2 Å². The normalized spacial score (nSPS) is 15.1. The molecule has 1 aliphatic heterocycles. The molecule has 0 aromatic heterocycles. The van der Waals surface area contributed by atoms with Crippen molar-refractivity contribution in [3.8, 4) is 11.5 Å². The van der Waals surface area contributed by atoms with Crippen molar-refractivity contribution >= 4 is 67.5 Å². The lowest BCUT2D eigenvalue weighted by atomic mass is 10.1. The third-order valence-corrected chi connectivity index (χ3v) is 6.56. The molecule has 0 N–H and O–H groups in total. The molecule has 0 spiro atoms. The number of hydrogen-bond acceptors (Lipinski definition) is 6. The summed E-state index contributed by atoms with van der Waals surface area (Å²) >= 11 is 6.55. The molecule has 6 nitrogen and oxygen atoms in total. The van der Waals surface area contributed by atoms with Gasteiger partial charge in [-0.2, -0.15) is 0 Å². The molecule has 0 aliphatic carbocycles. The predicted octanol–water partition coefficient (Wildman–Crippen LogP) is 5.71. The zero-order chi connectivity index (χ0) is 22.4. The molecule has 0 radical (unpaired) electrons. The largest absolute Gasteiger partial charge is 0.490 e. The fourth-order valence-electron chi connectivity index (χ4n) is 2.84. The predicted molar refractivity (Wildman–Crippen MR) is 133 cm³/mol. The van der Waals surface area contributed by atoms with E-state index in [2.05, 4.69) is 38.5 Å². The van der Waals surface area contributed by atoms with Crippen molar-refractivity contribution in [2.75, 3.05) is 26.9 Å². The molecular weight excluding hydrogens is 597 g/mol. The molecule has 1 heterocycles. The summed E-state index contributed by atoms with van der Waals surface area (Å²) in [6.45, 7) is 3.33. The van der Waals surface area contributed by atoms with Crippen molar-refractivity contribution in [1.29, 1.82) is 0 Å². The Morgan fingerprint density at radius 2 is 1.90 bits per heavy atom. The number of carbonyl (C=O) groups excluding carboxylic acids is 2. The van der Waals surface area contributed by atoms with Gasteiger partial charge >= 0.3 is 0 Å². The topological polar surface area (TPSA) is 65.1 Å². The number of thioether (sulfide) groups is 1. The van der Waals surface area contributed by atoms with Crippen LogP contribution in [0.2, 0.25) is 0 Å². The van der Waals surface area contributed by atoms with Crippen LogP contribution in [0.4, 0.5) is 4.79 Å². The average Bonchev–Trinajstić information content (AvgIpc) is 3.00. The van der Waals surface area contributed by atoms with Gasteiger partial charge in [0.05, 0.1) is 28.2 Å². The lowest BCUT2D eigenvalue weighted by Crippen LogP contribution is -2.31. The third-order valence-electron chi connectivity index (χ3n) is 4.32. The number of benzene rings is 2. The molecule has 3 rings (SSSR count). The highest BCUT2D eigenvalue weighted by atomic mass is 127. The fourth-order valence-corrected chi connectivity index (χ4v) is 4.75. The highest BCUT2D eigenvalue weighted by Gasteiger charge is 2.34. The van der Waals surface area contributed by atoms with Gasteiger partial charge in [-0.05, 0) is 82.7 Å². The molecule has 1 saturated heterocycles. The van der Waals surface area contributed by atoms with Crippen molar-refractivity contribution < 1.29 is 23.8 Å². The molecule has 0 atom stereocenters. The molecule has 0 saturated carbocycles. The van der Waals surface area contributed by atoms with Gasteiger partial charge in [-0.15, -0.1) is 0 Å². The summed E-state index contributed by atoms with van der Waals surface area (Å²) in [6.07, 6.45) is 1.71. The maximum atomic E-state index is 12.6. The Morgan fingerprint density at radius 3 is 2.58 bits per heavy atom. The standard InChI is InChI=1S/C22H21BrINO5S/c1-3-29-18-11-15(12-19-21(26)25(8-9-28-2)22(27)31-19)10-17(24)20(18)30-13-14-4-6-16(23)7-5-14/h4-7,10-12H,3,8-9,13H2,1-2H3/b19-12+. The van der Waals surface area contributed by atoms with Crippen LogP contribution in [-0.4, -0.2) is 42.9 Å². The minimum atomic E-state index is -0.310. The number of nitrogens with zero attached hydrogens (tertiary/aromatic N) is 1. The minimum absolute atomic E-state index is 0.239. The fraction of sp³-hybridized carbons (Fsp3) is 0.273. The number of carbonyl (C=O) groups is 2. The van der Waals surface area contributed by atoms with Crippen molar-refractivity contribution in [1.82, 2.24) is 4.90 Å². The molecule has 31 heavy (non-hydrogen) atoms. The number of halogens is 2. The van der Waals surface area contributed by atoms with Crippen molar-refractivity contribution in [3.63, 3.8) is 0 Å². The number of ether oxygens (including phenoxy) is 3. The van der Waals surface area contributed by atoms with Crippen LogP contribution in [0.3, 0.4) is 0 Å². The molecule has 0 bridgehead atoms. The van der Waals surface area contributed by atoms with Gasteiger partial charge in [0.1, 0.15) is 6.61 Å². The van der Waals surface area contributed by atoms with Gasteiger partial charge in [0.25, 0.3) is 11.1 Å². The number of amides is 2. The summed E-state index contributed by atoms with van der Waals surface area (Å²) in [5.41, 5.74) is 1.80. The first kappa shape index (κ1) is 24.1. The molecular formula is C22H21BrINO5S. The summed E-state index contributed by atoms with van der Waals surface area (Å²) in [7, 11) is 1.53. The summed E-state index contributed by atoms with van der Waals surface area (Å²) in [6, 6.07) is 11.7. The first-order valence-electron chi connectivity index (χ1n) is 9.50. The third kappa shape index (κ3) is 6.24. The van der Waals surface area contributed by atoms with E-state index in [0.29, 0.717) is 36.2 Å². The average molecular weight is 618 g/mol. The van der Waals surface area contributed by atoms with Gasteiger partial charge in [0, 0.05) is 11.6 Å². The summed E-state index contributed by atoms with van der Waals surface area (Å²) < 4.78 is 18.7. The number of methoxy groups -OCH3 is 1. The van der Waals surface area contributed by atoms with E-state index in [1.54, 1.807) is 6.08 Å². The van der Waals surface area contributed by atoms with Crippen LogP contribution in [0.15, 0.2) is 45.8 Å². The lowest BCUT2D eigenvalue weighted by Gasteiger charge is -2.15. The Bertz CT molecular complexity index is 996. The minimum Gasteiger partial charge on any atom is -0.490 e. The van der Waals surface area contributed by atoms with Crippen LogP contribution in [0, 0.1) is 3.57 Å². The Kier molecular flexibility index (Phi) is 8.82. The Balaban J connectivity index is 1.82. The van der Waals surface area contributed by atoms with Crippen LogP contribution < -0.4 is 9.47 Å². The number of rotatable bonds is 9. The second kappa shape index (κ2) is 11.3. The van der Waals surface area contributed by atoms with Gasteiger partial charge in [0.2, 0.25) is 0 Å². The molecule has 1 fully saturated rings. The van der Waals surface area contributed by atoms with E-state index in [9.17, 15) is 9.59 Å².